The van der Waals surface area contributed by atoms with Crippen molar-refractivity contribution in [1.29, 1.82) is 0 Å². The number of hydrogen-bond acceptors (Lipinski definition) is 3. The second kappa shape index (κ2) is 5.85. The Bertz CT molecular complexity index is 513. The second-order valence-electron chi connectivity index (χ2n) is 3.61. The highest BCUT2D eigenvalue weighted by atomic mass is 79.9. The van der Waals surface area contributed by atoms with Gasteiger partial charge in [-0.3, -0.25) is 0 Å². The van der Waals surface area contributed by atoms with Crippen molar-refractivity contribution in [3.8, 4) is 0 Å². The van der Waals surface area contributed by atoms with Crippen LogP contribution in [0.5, 0.6) is 0 Å². The zero-order valence-corrected chi connectivity index (χ0v) is 12.5. The molecule has 0 bridgehead atoms. The maximum Gasteiger partial charge on any atom is 0.183 e. The van der Waals surface area contributed by atoms with Gasteiger partial charge in [0, 0.05) is 16.9 Å². The molecule has 1 aromatic heterocycles. The Morgan fingerprint density at radius 2 is 2.24 bits per heavy atom. The molecular weight excluding hydrogens is 320 g/mol. The SMILES string of the molecule is CNc1nc(Br)c(CCc2cccc(Cl)c2)s1. The first-order valence-corrected chi connectivity index (χ1v) is 7.25. The summed E-state index contributed by atoms with van der Waals surface area (Å²) in [4.78, 5) is 5.62. The first kappa shape index (κ1) is 12.9. The number of aromatic nitrogens is 1. The summed E-state index contributed by atoms with van der Waals surface area (Å²) < 4.78 is 0.939. The molecule has 1 N–H and O–H groups in total. The van der Waals surface area contributed by atoms with Crippen LogP contribution in [0.3, 0.4) is 0 Å². The number of thiazole rings is 1. The Balaban J connectivity index is 2.04. The lowest BCUT2D eigenvalue weighted by Gasteiger charge is -2.00. The lowest BCUT2D eigenvalue weighted by molar-refractivity contribution is 0.969. The molecule has 0 unspecified atom stereocenters. The predicted molar refractivity (Wildman–Crippen MR) is 78.2 cm³/mol. The lowest BCUT2D eigenvalue weighted by atomic mass is 10.1. The van der Waals surface area contributed by atoms with Crippen LogP contribution in [0.15, 0.2) is 28.9 Å². The molecule has 0 spiro atoms. The molecular formula is C12H12BrClN2S. The van der Waals surface area contributed by atoms with E-state index in [1.165, 1.54) is 10.4 Å². The first-order chi connectivity index (χ1) is 8.19. The highest BCUT2D eigenvalue weighted by Crippen LogP contribution is 2.28. The molecule has 0 amide bonds. The molecule has 1 heterocycles. The molecule has 0 fully saturated rings. The first-order valence-electron chi connectivity index (χ1n) is 5.26. The van der Waals surface area contributed by atoms with Gasteiger partial charge in [-0.25, -0.2) is 4.98 Å². The van der Waals surface area contributed by atoms with E-state index in [4.69, 9.17) is 11.6 Å². The van der Waals surface area contributed by atoms with Crippen molar-refractivity contribution in [2.24, 2.45) is 0 Å². The monoisotopic (exact) mass is 330 g/mol. The molecule has 5 heteroatoms. The molecule has 0 radical (unpaired) electrons. The smallest absolute Gasteiger partial charge is 0.183 e. The number of aryl methyl sites for hydroxylation is 2. The Kier molecular flexibility index (Phi) is 4.42. The Morgan fingerprint density at radius 1 is 1.41 bits per heavy atom. The molecule has 2 aromatic rings. The van der Waals surface area contributed by atoms with Gasteiger partial charge in [0.1, 0.15) is 4.60 Å². The third-order valence-electron chi connectivity index (χ3n) is 2.39. The predicted octanol–water partition coefficient (Wildman–Crippen LogP) is 4.39. The van der Waals surface area contributed by atoms with E-state index in [1.54, 1.807) is 11.3 Å². The number of nitrogens with zero attached hydrogens (tertiary/aromatic N) is 1. The van der Waals surface area contributed by atoms with Crippen molar-refractivity contribution in [3.63, 3.8) is 0 Å². The summed E-state index contributed by atoms with van der Waals surface area (Å²) in [6, 6.07) is 7.99. The van der Waals surface area contributed by atoms with Gasteiger partial charge in [-0.1, -0.05) is 23.7 Å². The van der Waals surface area contributed by atoms with Crippen molar-refractivity contribution in [2.45, 2.75) is 12.8 Å². The van der Waals surface area contributed by atoms with E-state index in [-0.39, 0.29) is 0 Å². The maximum absolute atomic E-state index is 5.96. The molecule has 0 atom stereocenters. The quantitative estimate of drug-likeness (QED) is 0.899. The maximum atomic E-state index is 5.96. The highest BCUT2D eigenvalue weighted by molar-refractivity contribution is 9.10. The summed E-state index contributed by atoms with van der Waals surface area (Å²) in [5.41, 5.74) is 1.25. The van der Waals surface area contributed by atoms with Crippen LogP contribution < -0.4 is 5.32 Å². The minimum absolute atomic E-state index is 0.793. The summed E-state index contributed by atoms with van der Waals surface area (Å²) in [5, 5.41) is 4.79. The van der Waals surface area contributed by atoms with Gasteiger partial charge in [-0.2, -0.15) is 0 Å². The average Bonchev–Trinajstić information content (AvgIpc) is 2.68. The zero-order valence-electron chi connectivity index (χ0n) is 9.34. The van der Waals surface area contributed by atoms with Gasteiger partial charge in [0.25, 0.3) is 0 Å². The van der Waals surface area contributed by atoms with Gasteiger partial charge in [0.15, 0.2) is 5.13 Å². The molecule has 0 aliphatic rings. The van der Waals surface area contributed by atoms with Crippen LogP contribution in [0, 0.1) is 0 Å². The molecule has 0 saturated carbocycles. The largest absolute Gasteiger partial charge is 0.365 e. The van der Waals surface area contributed by atoms with E-state index < -0.39 is 0 Å². The van der Waals surface area contributed by atoms with E-state index >= 15 is 0 Å². The van der Waals surface area contributed by atoms with Crippen molar-refractivity contribution < 1.29 is 0 Å². The van der Waals surface area contributed by atoms with Crippen LogP contribution in [-0.4, -0.2) is 12.0 Å². The van der Waals surface area contributed by atoms with Crippen LogP contribution in [0.2, 0.25) is 5.02 Å². The standard InChI is InChI=1S/C12H12BrClN2S/c1-15-12-16-11(13)10(17-12)6-5-8-3-2-4-9(14)7-8/h2-4,7H,5-6H2,1H3,(H,15,16). The second-order valence-corrected chi connectivity index (χ2v) is 5.88. The molecule has 90 valence electrons. The summed E-state index contributed by atoms with van der Waals surface area (Å²) in [5.74, 6) is 0. The summed E-state index contributed by atoms with van der Waals surface area (Å²) in [6.45, 7) is 0. The molecule has 1 aromatic carbocycles. The van der Waals surface area contributed by atoms with E-state index in [0.717, 1.165) is 27.6 Å². The van der Waals surface area contributed by atoms with Crippen LogP contribution in [-0.2, 0) is 12.8 Å². The topological polar surface area (TPSA) is 24.9 Å². The Labute approximate surface area is 118 Å². The van der Waals surface area contributed by atoms with Crippen molar-refractivity contribution in [3.05, 3.63) is 44.3 Å². The van der Waals surface area contributed by atoms with Gasteiger partial charge in [0.2, 0.25) is 0 Å². The van der Waals surface area contributed by atoms with Gasteiger partial charge in [0.05, 0.1) is 0 Å². The number of hydrogen-bond donors (Lipinski definition) is 1. The van der Waals surface area contributed by atoms with Gasteiger partial charge in [-0.05, 0) is 46.5 Å². The lowest BCUT2D eigenvalue weighted by Crippen LogP contribution is -1.89. The van der Waals surface area contributed by atoms with Crippen LogP contribution in [0.4, 0.5) is 5.13 Å². The highest BCUT2D eigenvalue weighted by Gasteiger charge is 2.07. The molecule has 0 saturated heterocycles. The van der Waals surface area contributed by atoms with Gasteiger partial charge in [-0.15, -0.1) is 11.3 Å². The van der Waals surface area contributed by atoms with Crippen molar-refractivity contribution >= 4 is 44.0 Å². The fourth-order valence-electron chi connectivity index (χ4n) is 1.54. The van der Waals surface area contributed by atoms with Crippen LogP contribution in [0.25, 0.3) is 0 Å². The van der Waals surface area contributed by atoms with E-state index in [2.05, 4.69) is 32.3 Å². The van der Waals surface area contributed by atoms with Crippen molar-refractivity contribution in [1.82, 2.24) is 4.98 Å². The number of rotatable bonds is 4. The fraction of sp³-hybridized carbons (Fsp3) is 0.250. The average molecular weight is 332 g/mol. The molecule has 0 aliphatic heterocycles. The normalized spacial score (nSPS) is 10.5. The van der Waals surface area contributed by atoms with E-state index in [9.17, 15) is 0 Å². The van der Waals surface area contributed by atoms with Crippen LogP contribution >= 0.6 is 38.9 Å². The minimum atomic E-state index is 0.793. The molecule has 0 aliphatic carbocycles. The van der Waals surface area contributed by atoms with Gasteiger partial charge >= 0.3 is 0 Å². The number of anilines is 1. The van der Waals surface area contributed by atoms with Crippen LogP contribution in [0.1, 0.15) is 10.4 Å². The Hall–Kier alpha value is -0.580. The van der Waals surface area contributed by atoms with Crippen molar-refractivity contribution in [2.75, 3.05) is 12.4 Å². The van der Waals surface area contributed by atoms with Gasteiger partial charge < -0.3 is 5.32 Å². The third kappa shape index (κ3) is 3.44. The summed E-state index contributed by atoms with van der Waals surface area (Å²) in [7, 11) is 1.88. The number of halogens is 2. The summed E-state index contributed by atoms with van der Waals surface area (Å²) in [6.07, 6.45) is 1.95. The number of nitrogens with one attached hydrogen (secondary N) is 1. The summed E-state index contributed by atoms with van der Waals surface area (Å²) >= 11 is 11.1. The fourth-order valence-corrected chi connectivity index (χ4v) is 3.30. The van der Waals surface area contributed by atoms with E-state index in [1.807, 2.05) is 25.2 Å². The molecule has 2 rings (SSSR count). The zero-order chi connectivity index (χ0) is 12.3. The molecule has 2 nitrogen and oxygen atoms in total. The Morgan fingerprint density at radius 3 is 2.88 bits per heavy atom. The number of benzene rings is 1. The minimum Gasteiger partial charge on any atom is -0.365 e. The molecule has 17 heavy (non-hydrogen) atoms. The van der Waals surface area contributed by atoms with E-state index in [0.29, 0.717) is 0 Å². The third-order valence-corrected chi connectivity index (χ3v) is 4.68.